The Morgan fingerprint density at radius 2 is 1.47 bits per heavy atom. The predicted octanol–water partition coefficient (Wildman–Crippen LogP) is 4.16. The van der Waals surface area contributed by atoms with Gasteiger partial charge in [0.05, 0.1) is 6.10 Å². The smallest absolute Gasteiger partial charge is 0.0549 e. The Labute approximate surface area is 94.6 Å². The fourth-order valence-electron chi connectivity index (χ4n) is 3.45. The Bertz CT molecular complexity index is 170. The van der Waals surface area contributed by atoms with E-state index in [4.69, 9.17) is 4.74 Å². The zero-order valence-electron chi connectivity index (χ0n) is 10.2. The molecule has 1 nitrogen and oxygen atoms in total. The first kappa shape index (κ1) is 11.4. The van der Waals surface area contributed by atoms with Gasteiger partial charge in [0.2, 0.25) is 0 Å². The van der Waals surface area contributed by atoms with Gasteiger partial charge in [-0.25, -0.2) is 0 Å². The summed E-state index contributed by atoms with van der Waals surface area (Å²) in [5, 5.41) is 0. The second-order valence-corrected chi connectivity index (χ2v) is 5.57. The summed E-state index contributed by atoms with van der Waals surface area (Å²) in [6, 6.07) is 0. The molecule has 0 spiro atoms. The molecule has 15 heavy (non-hydrogen) atoms. The van der Waals surface area contributed by atoms with E-state index >= 15 is 0 Å². The third-order valence-corrected chi connectivity index (χ3v) is 4.32. The van der Waals surface area contributed by atoms with Gasteiger partial charge in [0.15, 0.2) is 0 Å². The predicted molar refractivity (Wildman–Crippen MR) is 63.9 cm³/mol. The van der Waals surface area contributed by atoms with Gasteiger partial charge in [0.1, 0.15) is 0 Å². The Balaban J connectivity index is 1.88. The summed E-state index contributed by atoms with van der Waals surface area (Å²) in [6.45, 7) is 3.26. The van der Waals surface area contributed by atoms with Crippen molar-refractivity contribution in [3.8, 4) is 0 Å². The molecular weight excluding hydrogens is 184 g/mol. The molecule has 2 rings (SSSR count). The third kappa shape index (κ3) is 3.48. The highest BCUT2D eigenvalue weighted by Gasteiger charge is 2.26. The van der Waals surface area contributed by atoms with Crippen LogP contribution in [0.25, 0.3) is 0 Å². The summed E-state index contributed by atoms with van der Waals surface area (Å²) in [5.74, 6) is 2.00. The minimum Gasteiger partial charge on any atom is -0.378 e. The van der Waals surface area contributed by atoms with Gasteiger partial charge < -0.3 is 4.74 Å². The van der Waals surface area contributed by atoms with Gasteiger partial charge in [-0.1, -0.05) is 38.5 Å². The SMILES string of the molecule is CC1CC(C2CCCCCC2)CCCO1. The van der Waals surface area contributed by atoms with Crippen LogP contribution in [0.15, 0.2) is 0 Å². The minimum atomic E-state index is 0.515. The first-order valence-corrected chi connectivity index (χ1v) is 6.98. The Morgan fingerprint density at radius 3 is 2.20 bits per heavy atom. The molecule has 0 N–H and O–H groups in total. The molecule has 0 aromatic heterocycles. The van der Waals surface area contributed by atoms with Crippen molar-refractivity contribution in [2.45, 2.75) is 70.8 Å². The number of rotatable bonds is 1. The van der Waals surface area contributed by atoms with Crippen LogP contribution in [0.5, 0.6) is 0 Å². The van der Waals surface area contributed by atoms with Crippen molar-refractivity contribution in [1.82, 2.24) is 0 Å². The minimum absolute atomic E-state index is 0.515. The van der Waals surface area contributed by atoms with Crippen molar-refractivity contribution >= 4 is 0 Å². The molecule has 0 radical (unpaired) electrons. The van der Waals surface area contributed by atoms with Crippen LogP contribution in [0, 0.1) is 11.8 Å². The maximum Gasteiger partial charge on any atom is 0.0549 e. The molecule has 0 bridgehead atoms. The molecule has 2 atom stereocenters. The molecule has 0 aromatic rings. The summed E-state index contributed by atoms with van der Waals surface area (Å²) < 4.78 is 5.76. The molecular formula is C14H26O. The van der Waals surface area contributed by atoms with Crippen LogP contribution < -0.4 is 0 Å². The average molecular weight is 210 g/mol. The van der Waals surface area contributed by atoms with E-state index in [0.717, 1.165) is 18.4 Å². The van der Waals surface area contributed by atoms with Crippen molar-refractivity contribution in [2.24, 2.45) is 11.8 Å². The van der Waals surface area contributed by atoms with Gasteiger partial charge in [-0.15, -0.1) is 0 Å². The van der Waals surface area contributed by atoms with E-state index in [1.807, 2.05) is 0 Å². The van der Waals surface area contributed by atoms with Crippen LogP contribution in [-0.2, 0) is 4.74 Å². The molecule has 0 aromatic carbocycles. The summed E-state index contributed by atoms with van der Waals surface area (Å²) in [4.78, 5) is 0. The third-order valence-electron chi connectivity index (χ3n) is 4.32. The second-order valence-electron chi connectivity index (χ2n) is 5.57. The highest BCUT2D eigenvalue weighted by atomic mass is 16.5. The average Bonchev–Trinajstić information content (AvgIpc) is 2.59. The molecule has 2 fully saturated rings. The lowest BCUT2D eigenvalue weighted by atomic mass is 9.80. The van der Waals surface area contributed by atoms with Crippen molar-refractivity contribution in [3.05, 3.63) is 0 Å². The Kier molecular flexibility index (Phi) is 4.49. The maximum absolute atomic E-state index is 5.76. The van der Waals surface area contributed by atoms with Crippen molar-refractivity contribution in [1.29, 1.82) is 0 Å². The molecule has 1 saturated carbocycles. The van der Waals surface area contributed by atoms with Gasteiger partial charge in [-0.3, -0.25) is 0 Å². The lowest BCUT2D eigenvalue weighted by molar-refractivity contribution is 0.0632. The van der Waals surface area contributed by atoms with Crippen molar-refractivity contribution in [3.63, 3.8) is 0 Å². The van der Waals surface area contributed by atoms with Crippen LogP contribution in [-0.4, -0.2) is 12.7 Å². The van der Waals surface area contributed by atoms with Gasteiger partial charge in [-0.05, 0) is 38.0 Å². The van der Waals surface area contributed by atoms with E-state index in [0.29, 0.717) is 6.10 Å². The standard InChI is InChI=1S/C14H26O/c1-12-11-14(9-6-10-15-12)13-7-4-2-3-5-8-13/h12-14H,2-11H2,1H3. The van der Waals surface area contributed by atoms with E-state index < -0.39 is 0 Å². The van der Waals surface area contributed by atoms with Crippen LogP contribution >= 0.6 is 0 Å². The van der Waals surface area contributed by atoms with Crippen molar-refractivity contribution in [2.75, 3.05) is 6.61 Å². The lowest BCUT2D eigenvalue weighted by Gasteiger charge is -2.25. The van der Waals surface area contributed by atoms with E-state index in [-0.39, 0.29) is 0 Å². The number of hydrogen-bond acceptors (Lipinski definition) is 1. The molecule has 2 aliphatic rings. The van der Waals surface area contributed by atoms with Gasteiger partial charge in [0, 0.05) is 6.61 Å². The van der Waals surface area contributed by atoms with Crippen LogP contribution in [0.3, 0.4) is 0 Å². The zero-order chi connectivity index (χ0) is 10.5. The van der Waals surface area contributed by atoms with E-state index in [9.17, 15) is 0 Å². The first-order chi connectivity index (χ1) is 7.36. The highest BCUT2D eigenvalue weighted by molar-refractivity contribution is 4.76. The van der Waals surface area contributed by atoms with E-state index in [1.54, 1.807) is 0 Å². The molecule has 1 aliphatic heterocycles. The number of ether oxygens (including phenoxy) is 1. The fraction of sp³-hybridized carbons (Fsp3) is 1.00. The Morgan fingerprint density at radius 1 is 0.800 bits per heavy atom. The normalized spacial score (nSPS) is 35.8. The van der Waals surface area contributed by atoms with Crippen LogP contribution in [0.4, 0.5) is 0 Å². The summed E-state index contributed by atoms with van der Waals surface area (Å²) in [6.07, 6.45) is 13.5. The molecule has 1 heteroatoms. The van der Waals surface area contributed by atoms with Crippen molar-refractivity contribution < 1.29 is 4.74 Å². The fourth-order valence-corrected chi connectivity index (χ4v) is 3.45. The lowest BCUT2D eigenvalue weighted by Crippen LogP contribution is -2.18. The molecule has 0 amide bonds. The molecule has 1 aliphatic carbocycles. The highest BCUT2D eigenvalue weighted by Crippen LogP contribution is 2.35. The molecule has 1 saturated heterocycles. The van der Waals surface area contributed by atoms with Crippen LogP contribution in [0.2, 0.25) is 0 Å². The number of hydrogen-bond donors (Lipinski definition) is 0. The van der Waals surface area contributed by atoms with Gasteiger partial charge >= 0.3 is 0 Å². The van der Waals surface area contributed by atoms with Gasteiger partial charge in [-0.2, -0.15) is 0 Å². The summed E-state index contributed by atoms with van der Waals surface area (Å²) in [5.41, 5.74) is 0. The largest absolute Gasteiger partial charge is 0.378 e. The Hall–Kier alpha value is -0.0400. The first-order valence-electron chi connectivity index (χ1n) is 6.98. The van der Waals surface area contributed by atoms with E-state index in [2.05, 4.69) is 6.92 Å². The topological polar surface area (TPSA) is 9.23 Å². The zero-order valence-corrected chi connectivity index (χ0v) is 10.2. The van der Waals surface area contributed by atoms with Crippen LogP contribution in [0.1, 0.15) is 64.7 Å². The molecule has 1 heterocycles. The summed E-state index contributed by atoms with van der Waals surface area (Å²) in [7, 11) is 0. The molecule has 2 unspecified atom stereocenters. The van der Waals surface area contributed by atoms with E-state index in [1.165, 1.54) is 57.8 Å². The maximum atomic E-state index is 5.76. The quantitative estimate of drug-likeness (QED) is 0.590. The summed E-state index contributed by atoms with van der Waals surface area (Å²) >= 11 is 0. The second kappa shape index (κ2) is 5.89. The monoisotopic (exact) mass is 210 g/mol. The molecule has 88 valence electrons. The van der Waals surface area contributed by atoms with Gasteiger partial charge in [0.25, 0.3) is 0 Å².